The largest absolute Gasteiger partial charge is 0.453 e. The van der Waals surface area contributed by atoms with Gasteiger partial charge in [-0.3, -0.25) is 4.90 Å². The molecule has 1 aromatic rings. The van der Waals surface area contributed by atoms with Crippen molar-refractivity contribution >= 4 is 6.09 Å². The van der Waals surface area contributed by atoms with Crippen molar-refractivity contribution in [1.29, 1.82) is 0 Å². The van der Waals surface area contributed by atoms with Crippen LogP contribution in [-0.4, -0.2) is 43.3 Å². The van der Waals surface area contributed by atoms with Crippen molar-refractivity contribution in [3.8, 4) is 0 Å². The van der Waals surface area contributed by atoms with Gasteiger partial charge in [0.25, 0.3) is 0 Å². The van der Waals surface area contributed by atoms with Crippen LogP contribution < -0.4 is 11.1 Å². The van der Waals surface area contributed by atoms with E-state index in [0.29, 0.717) is 0 Å². The Hall–Kier alpha value is -1.59. The van der Waals surface area contributed by atoms with Crippen molar-refractivity contribution in [3.05, 3.63) is 35.9 Å². The molecule has 1 aromatic carbocycles. The molecule has 3 unspecified atom stereocenters. The molecule has 1 aliphatic rings. The van der Waals surface area contributed by atoms with Gasteiger partial charge in [0.05, 0.1) is 7.11 Å². The van der Waals surface area contributed by atoms with Gasteiger partial charge in [-0.05, 0) is 18.9 Å². The molecule has 1 fully saturated rings. The summed E-state index contributed by atoms with van der Waals surface area (Å²) in [6, 6.07) is 10.6. The van der Waals surface area contributed by atoms with E-state index < -0.39 is 0 Å². The number of carbonyl (C=O) groups is 1. The molecule has 1 aliphatic heterocycles. The van der Waals surface area contributed by atoms with Gasteiger partial charge < -0.3 is 15.8 Å². The van der Waals surface area contributed by atoms with E-state index in [-0.39, 0.29) is 24.2 Å². The van der Waals surface area contributed by atoms with E-state index in [4.69, 9.17) is 5.73 Å². The number of rotatable bonds is 4. The standard InChI is InChI=1S/C15H23N3O2/c1-11(16)14(12-6-4-3-5-7-12)18-9-8-13(10-18)17-15(19)20-2/h3-7,11,13-14H,8-10,16H2,1-2H3,(H,17,19). The predicted octanol–water partition coefficient (Wildman–Crippen LogP) is 1.51. The number of carbonyl (C=O) groups excluding carboxylic acids is 1. The van der Waals surface area contributed by atoms with Crippen molar-refractivity contribution in [3.63, 3.8) is 0 Å². The number of alkyl carbamates (subject to hydrolysis) is 1. The van der Waals surface area contributed by atoms with E-state index in [2.05, 4.69) is 27.1 Å². The molecule has 2 rings (SSSR count). The Labute approximate surface area is 120 Å². The third-order valence-corrected chi connectivity index (χ3v) is 3.76. The van der Waals surface area contributed by atoms with Gasteiger partial charge in [0, 0.05) is 31.2 Å². The molecule has 0 aliphatic carbocycles. The van der Waals surface area contributed by atoms with Crippen molar-refractivity contribution in [2.24, 2.45) is 5.73 Å². The van der Waals surface area contributed by atoms with Gasteiger partial charge in [-0.2, -0.15) is 0 Å². The van der Waals surface area contributed by atoms with Gasteiger partial charge >= 0.3 is 6.09 Å². The lowest BCUT2D eigenvalue weighted by molar-refractivity contribution is 0.164. The Bertz CT molecular complexity index is 436. The van der Waals surface area contributed by atoms with Crippen LogP contribution in [0, 0.1) is 0 Å². The lowest BCUT2D eigenvalue weighted by atomic mass is 10.00. The number of ether oxygens (including phenoxy) is 1. The Kier molecular flexibility index (Phi) is 4.98. The monoisotopic (exact) mass is 277 g/mol. The molecule has 0 bridgehead atoms. The van der Waals surface area contributed by atoms with Crippen LogP contribution in [0.4, 0.5) is 4.79 Å². The summed E-state index contributed by atoms with van der Waals surface area (Å²) in [6.45, 7) is 3.75. The fourth-order valence-corrected chi connectivity index (χ4v) is 2.88. The topological polar surface area (TPSA) is 67.6 Å². The van der Waals surface area contributed by atoms with Crippen molar-refractivity contribution in [2.45, 2.75) is 31.5 Å². The molecule has 5 nitrogen and oxygen atoms in total. The van der Waals surface area contributed by atoms with Crippen molar-refractivity contribution in [1.82, 2.24) is 10.2 Å². The first-order valence-corrected chi connectivity index (χ1v) is 7.01. The molecule has 110 valence electrons. The fraction of sp³-hybridized carbons (Fsp3) is 0.533. The van der Waals surface area contributed by atoms with Gasteiger partial charge in [-0.1, -0.05) is 30.3 Å². The number of nitrogens with one attached hydrogen (secondary N) is 1. The SMILES string of the molecule is COC(=O)NC1CCN(C(c2ccccc2)C(C)N)C1. The molecule has 0 radical (unpaired) electrons. The van der Waals surface area contributed by atoms with Crippen LogP contribution in [0.1, 0.15) is 24.9 Å². The number of amides is 1. The summed E-state index contributed by atoms with van der Waals surface area (Å²) < 4.78 is 4.65. The number of benzene rings is 1. The molecule has 0 spiro atoms. The second-order valence-electron chi connectivity index (χ2n) is 5.33. The molecule has 5 heteroatoms. The first-order chi connectivity index (χ1) is 9.61. The summed E-state index contributed by atoms with van der Waals surface area (Å²) in [5.41, 5.74) is 7.39. The Morgan fingerprint density at radius 3 is 2.75 bits per heavy atom. The van der Waals surface area contributed by atoms with E-state index in [9.17, 15) is 4.79 Å². The minimum Gasteiger partial charge on any atom is -0.453 e. The average Bonchev–Trinajstić information content (AvgIpc) is 2.87. The van der Waals surface area contributed by atoms with Crippen LogP contribution >= 0.6 is 0 Å². The molecule has 20 heavy (non-hydrogen) atoms. The third kappa shape index (κ3) is 3.49. The normalized spacial score (nSPS) is 22.2. The van der Waals surface area contributed by atoms with Crippen LogP contribution in [0.2, 0.25) is 0 Å². The third-order valence-electron chi connectivity index (χ3n) is 3.76. The summed E-state index contributed by atoms with van der Waals surface area (Å²) >= 11 is 0. The molecule has 1 heterocycles. The highest BCUT2D eigenvalue weighted by atomic mass is 16.5. The maximum Gasteiger partial charge on any atom is 0.407 e. The summed E-state index contributed by atoms with van der Waals surface area (Å²) in [5, 5.41) is 2.86. The summed E-state index contributed by atoms with van der Waals surface area (Å²) in [7, 11) is 1.39. The van der Waals surface area contributed by atoms with E-state index in [0.717, 1.165) is 19.5 Å². The van der Waals surface area contributed by atoms with Gasteiger partial charge in [0.1, 0.15) is 0 Å². The minimum atomic E-state index is -0.367. The number of nitrogens with two attached hydrogens (primary N) is 1. The number of methoxy groups -OCH3 is 1. The minimum absolute atomic E-state index is 0.0364. The van der Waals surface area contributed by atoms with Crippen LogP contribution in [-0.2, 0) is 4.74 Å². The van der Waals surface area contributed by atoms with Crippen LogP contribution in [0.25, 0.3) is 0 Å². The number of nitrogens with zero attached hydrogens (tertiary/aromatic N) is 1. The maximum atomic E-state index is 11.3. The van der Waals surface area contributed by atoms with Gasteiger partial charge in [0.15, 0.2) is 0 Å². The Morgan fingerprint density at radius 1 is 1.45 bits per heavy atom. The molecule has 3 atom stereocenters. The van der Waals surface area contributed by atoms with Crippen molar-refractivity contribution < 1.29 is 9.53 Å². The fourth-order valence-electron chi connectivity index (χ4n) is 2.88. The zero-order chi connectivity index (χ0) is 14.5. The van der Waals surface area contributed by atoms with Gasteiger partial charge in [-0.25, -0.2) is 4.79 Å². The number of likely N-dealkylation sites (tertiary alicyclic amines) is 1. The van der Waals surface area contributed by atoms with Gasteiger partial charge in [0.2, 0.25) is 0 Å². The predicted molar refractivity (Wildman–Crippen MR) is 78.4 cm³/mol. The molecule has 1 amide bonds. The highest BCUT2D eigenvalue weighted by molar-refractivity contribution is 5.67. The highest BCUT2D eigenvalue weighted by Crippen LogP contribution is 2.27. The van der Waals surface area contributed by atoms with Crippen LogP contribution in [0.15, 0.2) is 30.3 Å². The number of hydrogen-bond acceptors (Lipinski definition) is 4. The summed E-state index contributed by atoms with van der Waals surface area (Å²) in [6.07, 6.45) is 0.555. The van der Waals surface area contributed by atoms with E-state index >= 15 is 0 Å². The zero-order valence-electron chi connectivity index (χ0n) is 12.1. The first-order valence-electron chi connectivity index (χ1n) is 7.01. The molecule has 0 saturated carbocycles. The number of hydrogen-bond donors (Lipinski definition) is 2. The maximum absolute atomic E-state index is 11.3. The van der Waals surface area contributed by atoms with Crippen LogP contribution in [0.3, 0.4) is 0 Å². The van der Waals surface area contributed by atoms with E-state index in [1.807, 2.05) is 25.1 Å². The second-order valence-corrected chi connectivity index (χ2v) is 5.33. The van der Waals surface area contributed by atoms with Crippen LogP contribution in [0.5, 0.6) is 0 Å². The van der Waals surface area contributed by atoms with E-state index in [1.165, 1.54) is 12.7 Å². The first kappa shape index (κ1) is 14.8. The lowest BCUT2D eigenvalue weighted by Crippen LogP contribution is -2.41. The molecule has 0 aromatic heterocycles. The Morgan fingerprint density at radius 2 is 2.15 bits per heavy atom. The van der Waals surface area contributed by atoms with E-state index in [1.54, 1.807) is 0 Å². The molecule has 1 saturated heterocycles. The quantitative estimate of drug-likeness (QED) is 0.875. The highest BCUT2D eigenvalue weighted by Gasteiger charge is 2.31. The average molecular weight is 277 g/mol. The lowest BCUT2D eigenvalue weighted by Gasteiger charge is -2.31. The molecular formula is C15H23N3O2. The second kappa shape index (κ2) is 6.72. The zero-order valence-corrected chi connectivity index (χ0v) is 12.1. The summed E-state index contributed by atoms with van der Waals surface area (Å²) in [4.78, 5) is 13.6. The Balaban J connectivity index is 2.04. The van der Waals surface area contributed by atoms with Crippen molar-refractivity contribution in [2.75, 3.05) is 20.2 Å². The molecular weight excluding hydrogens is 254 g/mol. The summed E-state index contributed by atoms with van der Waals surface area (Å²) in [5.74, 6) is 0. The smallest absolute Gasteiger partial charge is 0.407 e. The molecule has 3 N–H and O–H groups in total. The van der Waals surface area contributed by atoms with Gasteiger partial charge in [-0.15, -0.1) is 0 Å².